The van der Waals surface area contributed by atoms with Crippen LogP contribution in [0.5, 0.6) is 0 Å². The molecule has 1 aliphatic heterocycles. The fourth-order valence-corrected chi connectivity index (χ4v) is 4.07. The van der Waals surface area contributed by atoms with Crippen molar-refractivity contribution in [3.8, 4) is 0 Å². The van der Waals surface area contributed by atoms with Crippen LogP contribution in [0.25, 0.3) is 0 Å². The minimum atomic E-state index is -4.45. The minimum Gasteiger partial charge on any atom is -0.469 e. The van der Waals surface area contributed by atoms with Crippen LogP contribution in [-0.4, -0.2) is 18.2 Å². The molecule has 0 saturated carbocycles. The van der Waals surface area contributed by atoms with Gasteiger partial charge in [-0.25, -0.2) is 0 Å². The van der Waals surface area contributed by atoms with Crippen LogP contribution in [0, 0.1) is 5.92 Å². The summed E-state index contributed by atoms with van der Waals surface area (Å²) in [6, 6.07) is 11.0. The van der Waals surface area contributed by atoms with Crippen molar-refractivity contribution >= 4 is 34.9 Å². The van der Waals surface area contributed by atoms with Gasteiger partial charge in [-0.2, -0.15) is 13.2 Å². The Bertz CT molecular complexity index is 919. The molecule has 1 fully saturated rings. The van der Waals surface area contributed by atoms with Crippen LogP contribution in [0.3, 0.4) is 0 Å². The van der Waals surface area contributed by atoms with Crippen molar-refractivity contribution in [2.24, 2.45) is 5.92 Å². The zero-order chi connectivity index (χ0) is 21.4. The number of halogens is 4. The Morgan fingerprint density at radius 1 is 1.14 bits per heavy atom. The molecule has 0 radical (unpaired) electrons. The summed E-state index contributed by atoms with van der Waals surface area (Å²) in [4.78, 5) is 12.8. The predicted molar refractivity (Wildman–Crippen MR) is 107 cm³/mol. The first-order valence-electron chi connectivity index (χ1n) is 8.66. The first kappa shape index (κ1) is 21.4. The topological polar surface area (TPSA) is 50.4 Å². The first-order chi connectivity index (χ1) is 13.6. The molecule has 1 heterocycles. The van der Waals surface area contributed by atoms with Crippen molar-refractivity contribution in [1.29, 1.82) is 0 Å². The third-order valence-electron chi connectivity index (χ3n) is 5.11. The van der Waals surface area contributed by atoms with Gasteiger partial charge in [0.05, 0.1) is 24.3 Å². The number of benzene rings is 2. The van der Waals surface area contributed by atoms with E-state index in [9.17, 15) is 18.0 Å². The van der Waals surface area contributed by atoms with Crippen molar-refractivity contribution in [3.05, 3.63) is 70.2 Å². The molecule has 0 amide bonds. The van der Waals surface area contributed by atoms with Gasteiger partial charge in [-0.15, -0.1) is 0 Å². The minimum absolute atomic E-state index is 0.271. The Hall–Kier alpha value is -2.32. The average Bonchev–Trinajstić information content (AvgIpc) is 2.67. The molecule has 2 N–H and O–H groups in total. The third kappa shape index (κ3) is 4.18. The standard InChI is InChI=1S/C20H18ClF3N2O2S/c1-19(12-5-7-13(8-6-12)20(22,23)24)15(17(27)28-2)16(25-18(29)26-19)11-3-9-14(21)10-4-11/h3-10,15-16H,1-2H3,(H2,25,26,29). The Morgan fingerprint density at radius 3 is 2.24 bits per heavy atom. The highest BCUT2D eigenvalue weighted by Crippen LogP contribution is 2.42. The lowest BCUT2D eigenvalue weighted by Gasteiger charge is -2.47. The SMILES string of the molecule is COC(=O)C1C(c2ccc(Cl)cc2)NC(=S)NC1(C)c1ccc(C(F)(F)F)cc1. The number of hydrogen-bond donors (Lipinski definition) is 2. The maximum absolute atomic E-state index is 13.0. The van der Waals surface area contributed by atoms with Gasteiger partial charge in [0.1, 0.15) is 5.92 Å². The molecule has 3 unspecified atom stereocenters. The van der Waals surface area contributed by atoms with Crippen molar-refractivity contribution in [3.63, 3.8) is 0 Å². The highest BCUT2D eigenvalue weighted by atomic mass is 35.5. The number of ether oxygens (including phenoxy) is 1. The largest absolute Gasteiger partial charge is 0.469 e. The zero-order valence-corrected chi connectivity index (χ0v) is 17.1. The third-order valence-corrected chi connectivity index (χ3v) is 5.58. The van der Waals surface area contributed by atoms with Crippen LogP contribution in [0.4, 0.5) is 13.2 Å². The Balaban J connectivity index is 2.10. The number of thiocarbonyl (C=S) groups is 1. The second-order valence-corrected chi connectivity index (χ2v) is 7.75. The monoisotopic (exact) mass is 442 g/mol. The maximum Gasteiger partial charge on any atom is 0.416 e. The fraction of sp³-hybridized carbons (Fsp3) is 0.300. The molecule has 1 aliphatic rings. The summed E-state index contributed by atoms with van der Waals surface area (Å²) in [5, 5.41) is 6.93. The number of alkyl halides is 3. The normalized spacial score (nSPS) is 24.4. The number of carbonyl (C=O) groups excluding carboxylic acids is 1. The summed E-state index contributed by atoms with van der Waals surface area (Å²) in [5.74, 6) is -1.35. The molecule has 1 saturated heterocycles. The number of carbonyl (C=O) groups is 1. The van der Waals surface area contributed by atoms with Crippen LogP contribution >= 0.6 is 23.8 Å². The average molecular weight is 443 g/mol. The molecule has 9 heteroatoms. The molecule has 4 nitrogen and oxygen atoms in total. The Labute approximate surface area is 176 Å². The van der Waals surface area contributed by atoms with Crippen molar-refractivity contribution < 1.29 is 22.7 Å². The van der Waals surface area contributed by atoms with Gasteiger partial charge in [-0.05, 0) is 54.5 Å². The van der Waals surface area contributed by atoms with Crippen molar-refractivity contribution in [2.75, 3.05) is 7.11 Å². The van der Waals surface area contributed by atoms with E-state index in [1.807, 2.05) is 0 Å². The first-order valence-corrected chi connectivity index (χ1v) is 9.44. The lowest BCUT2D eigenvalue weighted by Crippen LogP contribution is -2.63. The van der Waals surface area contributed by atoms with E-state index in [1.165, 1.54) is 19.2 Å². The molecular weight excluding hydrogens is 425 g/mol. The summed E-state index contributed by atoms with van der Waals surface area (Å²) in [6.07, 6.45) is -4.45. The van der Waals surface area contributed by atoms with Crippen LogP contribution in [0.2, 0.25) is 5.02 Å². The van der Waals surface area contributed by atoms with Crippen molar-refractivity contribution in [1.82, 2.24) is 10.6 Å². The van der Waals surface area contributed by atoms with Gasteiger partial charge in [0.2, 0.25) is 0 Å². The smallest absolute Gasteiger partial charge is 0.416 e. The predicted octanol–water partition coefficient (Wildman–Crippen LogP) is 4.58. The number of methoxy groups -OCH3 is 1. The van der Waals surface area contributed by atoms with Gasteiger partial charge >= 0.3 is 12.1 Å². The van der Waals surface area contributed by atoms with Crippen LogP contribution in [0.15, 0.2) is 48.5 Å². The second kappa shape index (κ2) is 7.84. The van der Waals surface area contributed by atoms with Gasteiger partial charge in [0.25, 0.3) is 0 Å². The van der Waals surface area contributed by atoms with Gasteiger partial charge in [0.15, 0.2) is 5.11 Å². The van der Waals surface area contributed by atoms with E-state index in [0.717, 1.165) is 17.7 Å². The lowest BCUT2D eigenvalue weighted by atomic mass is 9.72. The number of nitrogens with one attached hydrogen (secondary N) is 2. The Kier molecular flexibility index (Phi) is 5.78. The molecule has 0 bridgehead atoms. The van der Waals surface area contributed by atoms with E-state index in [1.54, 1.807) is 31.2 Å². The summed E-state index contributed by atoms with van der Waals surface area (Å²) in [7, 11) is 1.27. The van der Waals surface area contributed by atoms with Crippen LogP contribution in [0.1, 0.15) is 29.7 Å². The molecule has 2 aromatic rings. The van der Waals surface area contributed by atoms with E-state index >= 15 is 0 Å². The maximum atomic E-state index is 13.0. The number of esters is 1. The highest BCUT2D eigenvalue weighted by Gasteiger charge is 2.50. The van der Waals surface area contributed by atoms with E-state index in [4.69, 9.17) is 28.6 Å². The van der Waals surface area contributed by atoms with Gasteiger partial charge in [0, 0.05) is 5.02 Å². The molecule has 0 spiro atoms. The van der Waals surface area contributed by atoms with Crippen LogP contribution in [-0.2, 0) is 21.2 Å². The summed E-state index contributed by atoms with van der Waals surface area (Å²) >= 11 is 11.3. The Morgan fingerprint density at radius 2 is 1.72 bits per heavy atom. The van der Waals surface area contributed by atoms with E-state index in [2.05, 4.69) is 10.6 Å². The quantitative estimate of drug-likeness (QED) is 0.538. The molecule has 2 aromatic carbocycles. The van der Waals surface area contributed by atoms with E-state index in [-0.39, 0.29) is 5.11 Å². The number of rotatable bonds is 3. The molecular formula is C20H18ClF3N2O2S. The van der Waals surface area contributed by atoms with E-state index in [0.29, 0.717) is 10.6 Å². The molecule has 0 aromatic heterocycles. The summed E-state index contributed by atoms with van der Waals surface area (Å²) < 4.78 is 43.9. The molecule has 29 heavy (non-hydrogen) atoms. The molecule has 0 aliphatic carbocycles. The van der Waals surface area contributed by atoms with E-state index < -0.39 is 35.2 Å². The molecule has 154 valence electrons. The number of hydrogen-bond acceptors (Lipinski definition) is 3. The second-order valence-electron chi connectivity index (χ2n) is 6.91. The highest BCUT2D eigenvalue weighted by molar-refractivity contribution is 7.80. The summed E-state index contributed by atoms with van der Waals surface area (Å²) in [5.41, 5.74) is -0.662. The molecule has 3 atom stereocenters. The lowest BCUT2D eigenvalue weighted by molar-refractivity contribution is -0.150. The molecule has 3 rings (SSSR count). The zero-order valence-electron chi connectivity index (χ0n) is 15.5. The van der Waals surface area contributed by atoms with Gasteiger partial charge < -0.3 is 15.4 Å². The fourth-order valence-electron chi connectivity index (χ4n) is 3.61. The van der Waals surface area contributed by atoms with Gasteiger partial charge in [-0.1, -0.05) is 35.9 Å². The van der Waals surface area contributed by atoms with Crippen LogP contribution < -0.4 is 10.6 Å². The summed E-state index contributed by atoms with van der Waals surface area (Å²) in [6.45, 7) is 1.72. The van der Waals surface area contributed by atoms with Gasteiger partial charge in [-0.3, -0.25) is 4.79 Å². The van der Waals surface area contributed by atoms with Crippen molar-refractivity contribution in [2.45, 2.75) is 24.7 Å².